The summed E-state index contributed by atoms with van der Waals surface area (Å²) in [6.45, 7) is 4.89. The van der Waals surface area contributed by atoms with Crippen LogP contribution in [-0.2, 0) is 11.3 Å². The van der Waals surface area contributed by atoms with Crippen LogP contribution in [0.2, 0.25) is 0 Å². The van der Waals surface area contributed by atoms with E-state index in [9.17, 15) is 4.79 Å². The number of nitrogens with zero attached hydrogens (tertiary/aromatic N) is 1. The van der Waals surface area contributed by atoms with Crippen LogP contribution < -0.4 is 4.74 Å². The van der Waals surface area contributed by atoms with Crippen molar-refractivity contribution in [2.75, 3.05) is 18.1 Å². The summed E-state index contributed by atoms with van der Waals surface area (Å²) >= 11 is 4.02. The molecule has 0 saturated carbocycles. The van der Waals surface area contributed by atoms with E-state index in [-0.39, 0.29) is 18.6 Å². The molecule has 28 heavy (non-hydrogen) atoms. The second kappa shape index (κ2) is 10.8. The van der Waals surface area contributed by atoms with Crippen molar-refractivity contribution in [1.82, 2.24) is 4.90 Å². The van der Waals surface area contributed by atoms with Crippen molar-refractivity contribution in [3.8, 4) is 5.75 Å². The van der Waals surface area contributed by atoms with Crippen LogP contribution in [0, 0.1) is 0 Å². The average molecular weight is 416 g/mol. The summed E-state index contributed by atoms with van der Waals surface area (Å²) in [5.41, 5.74) is 2.47. The van der Waals surface area contributed by atoms with E-state index >= 15 is 0 Å². The van der Waals surface area contributed by atoms with E-state index in [1.807, 2.05) is 58.8 Å². The molecule has 1 unspecified atom stereocenters. The van der Waals surface area contributed by atoms with Gasteiger partial charge < -0.3 is 9.64 Å². The van der Waals surface area contributed by atoms with Crippen LogP contribution in [0.4, 0.5) is 0 Å². The number of ether oxygens (including phenoxy) is 1. The first-order valence-corrected chi connectivity index (χ1v) is 12.1. The van der Waals surface area contributed by atoms with Crippen molar-refractivity contribution in [2.45, 2.75) is 43.9 Å². The average Bonchev–Trinajstić information content (AvgIpc) is 2.77. The second-order valence-corrected chi connectivity index (χ2v) is 9.77. The third-order valence-electron chi connectivity index (χ3n) is 4.98. The van der Waals surface area contributed by atoms with E-state index in [2.05, 4.69) is 38.1 Å². The number of benzene rings is 2. The maximum absolute atomic E-state index is 12.8. The van der Waals surface area contributed by atoms with Crippen molar-refractivity contribution in [2.24, 2.45) is 0 Å². The number of hydrogen-bond acceptors (Lipinski definition) is 4. The molecular formula is C23H29NO2S2. The molecule has 0 spiro atoms. The summed E-state index contributed by atoms with van der Waals surface area (Å²) in [6.07, 6.45) is 2.22. The molecule has 1 amide bonds. The molecule has 0 aromatic heterocycles. The van der Waals surface area contributed by atoms with Gasteiger partial charge in [-0.05, 0) is 54.5 Å². The molecule has 0 bridgehead atoms. The van der Waals surface area contributed by atoms with Gasteiger partial charge in [0.05, 0.1) is 4.58 Å². The van der Waals surface area contributed by atoms with Gasteiger partial charge in [0.15, 0.2) is 6.61 Å². The van der Waals surface area contributed by atoms with Crippen molar-refractivity contribution in [3.63, 3.8) is 0 Å². The monoisotopic (exact) mass is 415 g/mol. The first-order valence-electron chi connectivity index (χ1n) is 9.96. The molecule has 0 N–H and O–H groups in total. The quantitative estimate of drug-likeness (QED) is 0.548. The highest BCUT2D eigenvalue weighted by Gasteiger charge is 2.20. The number of hydrogen-bond donors (Lipinski definition) is 0. The minimum Gasteiger partial charge on any atom is -0.484 e. The molecule has 1 saturated heterocycles. The molecule has 1 fully saturated rings. The minimum absolute atomic E-state index is 0.0284. The van der Waals surface area contributed by atoms with Crippen LogP contribution in [0.3, 0.4) is 0 Å². The van der Waals surface area contributed by atoms with Crippen LogP contribution in [0.1, 0.15) is 42.4 Å². The Morgan fingerprint density at radius 1 is 1.11 bits per heavy atom. The summed E-state index contributed by atoms with van der Waals surface area (Å²) < 4.78 is 6.34. The fraction of sp³-hybridized carbons (Fsp3) is 0.435. The Bertz CT molecular complexity index is 730. The Morgan fingerprint density at radius 2 is 1.79 bits per heavy atom. The molecule has 1 aliphatic heterocycles. The van der Waals surface area contributed by atoms with Gasteiger partial charge in [-0.2, -0.15) is 0 Å². The molecule has 3 rings (SSSR count). The molecule has 150 valence electrons. The topological polar surface area (TPSA) is 29.5 Å². The molecule has 1 atom stereocenters. The van der Waals surface area contributed by atoms with Crippen molar-refractivity contribution >= 4 is 29.4 Å². The van der Waals surface area contributed by atoms with E-state index in [0.29, 0.717) is 11.1 Å². The highest BCUT2D eigenvalue weighted by molar-refractivity contribution is 8.16. The zero-order valence-electron chi connectivity index (χ0n) is 16.7. The number of rotatable bonds is 8. The van der Waals surface area contributed by atoms with E-state index < -0.39 is 0 Å². The Labute approximate surface area is 177 Å². The third kappa shape index (κ3) is 5.95. The van der Waals surface area contributed by atoms with Gasteiger partial charge in [-0.15, -0.1) is 23.5 Å². The lowest BCUT2D eigenvalue weighted by molar-refractivity contribution is -0.136. The van der Waals surface area contributed by atoms with Crippen molar-refractivity contribution < 1.29 is 9.53 Å². The van der Waals surface area contributed by atoms with Gasteiger partial charge in [-0.1, -0.05) is 49.4 Å². The summed E-state index contributed by atoms with van der Waals surface area (Å²) in [5.74, 6) is 3.25. The van der Waals surface area contributed by atoms with Gasteiger partial charge >= 0.3 is 0 Å². The summed E-state index contributed by atoms with van der Waals surface area (Å²) in [6, 6.07) is 18.6. The van der Waals surface area contributed by atoms with Gasteiger partial charge in [0, 0.05) is 12.6 Å². The lowest BCUT2D eigenvalue weighted by Gasteiger charge is -2.29. The predicted molar refractivity (Wildman–Crippen MR) is 121 cm³/mol. The van der Waals surface area contributed by atoms with Gasteiger partial charge in [-0.25, -0.2) is 0 Å². The van der Waals surface area contributed by atoms with Crippen LogP contribution in [0.5, 0.6) is 5.75 Å². The maximum atomic E-state index is 12.8. The summed E-state index contributed by atoms with van der Waals surface area (Å²) in [7, 11) is 0. The molecule has 3 nitrogen and oxygen atoms in total. The highest BCUT2D eigenvalue weighted by Crippen LogP contribution is 2.43. The normalized spacial score (nSPS) is 15.8. The molecule has 5 heteroatoms. The van der Waals surface area contributed by atoms with Crippen LogP contribution in [0.15, 0.2) is 54.6 Å². The predicted octanol–water partition coefficient (Wildman–Crippen LogP) is 5.76. The molecule has 0 radical (unpaired) electrons. The third-order valence-corrected chi connectivity index (χ3v) is 8.00. The highest BCUT2D eigenvalue weighted by atomic mass is 32.2. The second-order valence-electron chi connectivity index (χ2n) is 7.05. The minimum atomic E-state index is 0.0284. The first kappa shape index (κ1) is 21.1. The van der Waals surface area contributed by atoms with Crippen molar-refractivity contribution in [3.05, 3.63) is 65.7 Å². The summed E-state index contributed by atoms with van der Waals surface area (Å²) in [5, 5.41) is 0. The largest absolute Gasteiger partial charge is 0.484 e. The van der Waals surface area contributed by atoms with E-state index in [1.165, 1.54) is 23.5 Å². The molecule has 1 heterocycles. The zero-order valence-corrected chi connectivity index (χ0v) is 18.3. The number of thioether (sulfide) groups is 2. The Balaban J connectivity index is 1.57. The molecular weight excluding hydrogens is 386 g/mol. The Kier molecular flexibility index (Phi) is 8.16. The van der Waals surface area contributed by atoms with E-state index in [1.54, 1.807) is 0 Å². The Morgan fingerprint density at radius 3 is 2.43 bits per heavy atom. The van der Waals surface area contributed by atoms with Gasteiger partial charge in [0.2, 0.25) is 0 Å². The SMILES string of the molecule is CCC(C)N(Cc1ccccc1)C(=O)COc1ccc(C2SCCCS2)cc1. The van der Waals surface area contributed by atoms with Crippen LogP contribution in [0.25, 0.3) is 0 Å². The lowest BCUT2D eigenvalue weighted by Crippen LogP contribution is -2.40. The fourth-order valence-corrected chi connectivity index (χ4v) is 6.01. The van der Waals surface area contributed by atoms with Gasteiger partial charge in [0.1, 0.15) is 5.75 Å². The van der Waals surface area contributed by atoms with E-state index in [0.717, 1.165) is 17.7 Å². The number of carbonyl (C=O) groups excluding carboxylic acids is 1. The van der Waals surface area contributed by atoms with Crippen LogP contribution in [-0.4, -0.2) is 35.0 Å². The molecule has 0 aliphatic carbocycles. The van der Waals surface area contributed by atoms with Crippen molar-refractivity contribution in [1.29, 1.82) is 0 Å². The molecule has 1 aliphatic rings. The van der Waals surface area contributed by atoms with E-state index in [4.69, 9.17) is 4.74 Å². The molecule has 2 aromatic carbocycles. The molecule has 2 aromatic rings. The zero-order chi connectivity index (χ0) is 19.8. The number of carbonyl (C=O) groups is 1. The van der Waals surface area contributed by atoms with Crippen LogP contribution >= 0.6 is 23.5 Å². The first-order chi connectivity index (χ1) is 13.7. The lowest BCUT2D eigenvalue weighted by atomic mass is 10.1. The Hall–Kier alpha value is -1.59. The van der Waals surface area contributed by atoms with Gasteiger partial charge in [-0.3, -0.25) is 4.79 Å². The van der Waals surface area contributed by atoms with Gasteiger partial charge in [0.25, 0.3) is 5.91 Å². The summed E-state index contributed by atoms with van der Waals surface area (Å²) in [4.78, 5) is 14.7. The number of amides is 1. The smallest absolute Gasteiger partial charge is 0.261 e. The fourth-order valence-electron chi connectivity index (χ4n) is 3.12. The standard InChI is InChI=1S/C23H29NO2S2/c1-3-18(2)24(16-19-8-5-4-6-9-19)22(25)17-26-21-12-10-20(11-13-21)23-27-14-7-15-28-23/h4-6,8-13,18,23H,3,7,14-17H2,1-2H3. The maximum Gasteiger partial charge on any atom is 0.261 e.